The van der Waals surface area contributed by atoms with Gasteiger partial charge in [0.2, 0.25) is 10.0 Å². The minimum absolute atomic E-state index is 0.115. The third-order valence-electron chi connectivity index (χ3n) is 3.84. The molecule has 4 nitrogen and oxygen atoms in total. The molecule has 0 radical (unpaired) electrons. The SMILES string of the molecule is O=S(=O)(c1cc(Br)sc1Br)N1CCCC2CNCC21. The molecule has 0 bridgehead atoms. The summed E-state index contributed by atoms with van der Waals surface area (Å²) in [4.78, 5) is 0.386. The Morgan fingerprint density at radius 1 is 1.37 bits per heavy atom. The van der Waals surface area contributed by atoms with Crippen LogP contribution in [-0.4, -0.2) is 38.4 Å². The van der Waals surface area contributed by atoms with Crippen molar-refractivity contribution in [3.63, 3.8) is 0 Å². The van der Waals surface area contributed by atoms with Gasteiger partial charge in [-0.15, -0.1) is 11.3 Å². The van der Waals surface area contributed by atoms with Crippen LogP contribution in [-0.2, 0) is 10.0 Å². The summed E-state index contributed by atoms with van der Waals surface area (Å²) in [6.45, 7) is 2.34. The summed E-state index contributed by atoms with van der Waals surface area (Å²) >= 11 is 8.11. The van der Waals surface area contributed by atoms with Gasteiger partial charge in [-0.1, -0.05) is 0 Å². The molecule has 19 heavy (non-hydrogen) atoms. The van der Waals surface area contributed by atoms with Crippen molar-refractivity contribution in [2.24, 2.45) is 5.92 Å². The van der Waals surface area contributed by atoms with E-state index in [9.17, 15) is 8.42 Å². The van der Waals surface area contributed by atoms with Gasteiger partial charge in [-0.25, -0.2) is 8.42 Å². The predicted octanol–water partition coefficient (Wildman–Crippen LogP) is 2.65. The number of nitrogens with one attached hydrogen (secondary N) is 1. The Morgan fingerprint density at radius 3 is 2.84 bits per heavy atom. The molecule has 0 aromatic carbocycles. The molecule has 8 heteroatoms. The Labute approximate surface area is 133 Å². The van der Waals surface area contributed by atoms with Crippen LogP contribution in [0.3, 0.4) is 0 Å². The van der Waals surface area contributed by atoms with E-state index in [4.69, 9.17) is 0 Å². The van der Waals surface area contributed by atoms with E-state index in [0.29, 0.717) is 21.1 Å². The van der Waals surface area contributed by atoms with Crippen LogP contribution in [0.25, 0.3) is 0 Å². The molecule has 0 amide bonds. The fourth-order valence-corrected chi connectivity index (χ4v) is 8.44. The van der Waals surface area contributed by atoms with Crippen LogP contribution in [0, 0.1) is 5.92 Å². The van der Waals surface area contributed by atoms with Gasteiger partial charge >= 0.3 is 0 Å². The molecule has 3 rings (SSSR count). The fourth-order valence-electron chi connectivity index (χ4n) is 2.95. The number of halogens is 2. The summed E-state index contributed by atoms with van der Waals surface area (Å²) < 4.78 is 28.8. The minimum atomic E-state index is -3.40. The van der Waals surface area contributed by atoms with Crippen LogP contribution in [0.15, 0.2) is 18.5 Å². The third-order valence-corrected chi connectivity index (χ3v) is 8.52. The highest BCUT2D eigenvalue weighted by molar-refractivity contribution is 9.12. The molecule has 2 aliphatic rings. The number of hydrogen-bond acceptors (Lipinski definition) is 4. The molecule has 106 valence electrons. The molecule has 2 unspecified atom stereocenters. The van der Waals surface area contributed by atoms with Gasteiger partial charge < -0.3 is 5.32 Å². The molecular formula is C11H14Br2N2O2S2. The van der Waals surface area contributed by atoms with Crippen molar-refractivity contribution < 1.29 is 8.42 Å². The number of hydrogen-bond donors (Lipinski definition) is 1. The molecule has 1 N–H and O–H groups in total. The van der Waals surface area contributed by atoms with E-state index >= 15 is 0 Å². The van der Waals surface area contributed by atoms with Crippen molar-refractivity contribution in [2.75, 3.05) is 19.6 Å². The first-order valence-electron chi connectivity index (χ1n) is 6.17. The summed E-state index contributed by atoms with van der Waals surface area (Å²) in [7, 11) is -3.40. The van der Waals surface area contributed by atoms with E-state index in [1.54, 1.807) is 10.4 Å². The van der Waals surface area contributed by atoms with E-state index in [2.05, 4.69) is 37.2 Å². The Bertz CT molecular complexity index is 588. The standard InChI is InChI=1S/C11H14Br2N2O2S2/c12-10-4-9(11(13)18-10)19(16,17)15-3-1-2-7-5-14-6-8(7)15/h4,7-8,14H,1-3,5-6H2. The lowest BCUT2D eigenvalue weighted by Crippen LogP contribution is -2.48. The molecule has 1 aromatic heterocycles. The van der Waals surface area contributed by atoms with E-state index < -0.39 is 10.0 Å². The molecule has 2 atom stereocenters. The van der Waals surface area contributed by atoms with Gasteiger partial charge in [0, 0.05) is 19.1 Å². The number of piperidine rings is 1. The third kappa shape index (κ3) is 2.55. The zero-order valence-corrected chi connectivity index (χ0v) is 14.9. The highest BCUT2D eigenvalue weighted by atomic mass is 79.9. The summed E-state index contributed by atoms with van der Waals surface area (Å²) in [5.74, 6) is 0.462. The maximum Gasteiger partial charge on any atom is 0.245 e. The van der Waals surface area contributed by atoms with Crippen LogP contribution in [0.4, 0.5) is 0 Å². The number of fused-ring (bicyclic) bond motifs is 1. The molecule has 3 heterocycles. The monoisotopic (exact) mass is 428 g/mol. The number of nitrogens with zero attached hydrogens (tertiary/aromatic N) is 1. The Hall–Kier alpha value is 0.530. The van der Waals surface area contributed by atoms with Crippen molar-refractivity contribution in [3.8, 4) is 0 Å². The second kappa shape index (κ2) is 5.38. The van der Waals surface area contributed by atoms with E-state index in [-0.39, 0.29) is 6.04 Å². The first-order valence-corrected chi connectivity index (χ1v) is 10.0. The van der Waals surface area contributed by atoms with Crippen LogP contribution < -0.4 is 5.32 Å². The van der Waals surface area contributed by atoms with E-state index in [0.717, 1.165) is 29.7 Å². The molecule has 1 aromatic rings. The van der Waals surface area contributed by atoms with Crippen molar-refractivity contribution in [1.29, 1.82) is 0 Å². The highest BCUT2D eigenvalue weighted by Gasteiger charge is 2.42. The first kappa shape index (κ1) is 14.5. The fraction of sp³-hybridized carbons (Fsp3) is 0.636. The first-order chi connectivity index (χ1) is 9.00. The summed E-state index contributed by atoms with van der Waals surface area (Å²) in [6.07, 6.45) is 2.07. The summed E-state index contributed by atoms with van der Waals surface area (Å²) in [5.41, 5.74) is 0. The van der Waals surface area contributed by atoms with Crippen LogP contribution in [0.1, 0.15) is 12.8 Å². The second-order valence-electron chi connectivity index (χ2n) is 4.93. The van der Waals surface area contributed by atoms with Gasteiger partial charge in [0.15, 0.2) is 0 Å². The van der Waals surface area contributed by atoms with Crippen LogP contribution >= 0.6 is 43.2 Å². The lowest BCUT2D eigenvalue weighted by molar-refractivity contribution is 0.217. The van der Waals surface area contributed by atoms with Crippen molar-refractivity contribution in [1.82, 2.24) is 9.62 Å². The summed E-state index contributed by atoms with van der Waals surface area (Å²) in [6, 6.07) is 1.81. The molecule has 2 fully saturated rings. The van der Waals surface area contributed by atoms with Crippen molar-refractivity contribution in [3.05, 3.63) is 13.6 Å². The maximum atomic E-state index is 12.8. The van der Waals surface area contributed by atoms with Gasteiger partial charge in [-0.2, -0.15) is 4.31 Å². The molecule has 2 aliphatic heterocycles. The van der Waals surface area contributed by atoms with Crippen LogP contribution in [0.2, 0.25) is 0 Å². The number of sulfonamides is 1. The number of thiophene rings is 1. The number of rotatable bonds is 2. The quantitative estimate of drug-likeness (QED) is 0.786. The molecule has 2 saturated heterocycles. The maximum absolute atomic E-state index is 12.8. The highest BCUT2D eigenvalue weighted by Crippen LogP contribution is 2.39. The molecular weight excluding hydrogens is 416 g/mol. The molecule has 0 spiro atoms. The van der Waals surface area contributed by atoms with Crippen molar-refractivity contribution >= 4 is 53.2 Å². The van der Waals surface area contributed by atoms with Crippen LogP contribution in [0.5, 0.6) is 0 Å². The zero-order valence-electron chi connectivity index (χ0n) is 10.1. The van der Waals surface area contributed by atoms with Gasteiger partial charge in [0.25, 0.3) is 0 Å². The lowest BCUT2D eigenvalue weighted by Gasteiger charge is -2.35. The van der Waals surface area contributed by atoms with Gasteiger partial charge in [-0.05, 0) is 63.2 Å². The molecule has 0 saturated carbocycles. The lowest BCUT2D eigenvalue weighted by atomic mass is 9.94. The topological polar surface area (TPSA) is 49.4 Å². The summed E-state index contributed by atoms with van der Waals surface area (Å²) in [5, 5.41) is 3.31. The van der Waals surface area contributed by atoms with Gasteiger partial charge in [-0.3, -0.25) is 0 Å². The molecule has 0 aliphatic carbocycles. The minimum Gasteiger partial charge on any atom is -0.315 e. The Kier molecular flexibility index (Phi) is 4.10. The normalized spacial score (nSPS) is 28.5. The van der Waals surface area contributed by atoms with Gasteiger partial charge in [0.05, 0.1) is 7.57 Å². The second-order valence-corrected chi connectivity index (χ2v) is 10.5. The van der Waals surface area contributed by atoms with E-state index in [1.165, 1.54) is 11.3 Å². The van der Waals surface area contributed by atoms with E-state index in [1.807, 2.05) is 0 Å². The predicted molar refractivity (Wildman–Crippen MR) is 83.0 cm³/mol. The Morgan fingerprint density at radius 2 is 2.16 bits per heavy atom. The van der Waals surface area contributed by atoms with Crippen molar-refractivity contribution in [2.45, 2.75) is 23.8 Å². The van der Waals surface area contributed by atoms with Gasteiger partial charge in [0.1, 0.15) is 4.90 Å². The smallest absolute Gasteiger partial charge is 0.245 e. The average molecular weight is 430 g/mol. The average Bonchev–Trinajstić information content (AvgIpc) is 2.94. The Balaban J connectivity index is 1.97. The zero-order chi connectivity index (χ0) is 13.6. The largest absolute Gasteiger partial charge is 0.315 e.